The molecule has 1 saturated carbocycles. The van der Waals surface area contributed by atoms with E-state index in [4.69, 9.17) is 4.74 Å². The molecule has 1 aliphatic carbocycles. The highest BCUT2D eigenvalue weighted by atomic mass is 32.2. The molecule has 1 amide bonds. The number of hydrogen-bond acceptors (Lipinski definition) is 4. The van der Waals surface area contributed by atoms with Crippen LogP contribution in [-0.4, -0.2) is 33.1 Å². The van der Waals surface area contributed by atoms with Gasteiger partial charge in [0.2, 0.25) is 10.0 Å². The van der Waals surface area contributed by atoms with Crippen LogP contribution in [0.2, 0.25) is 0 Å². The molecule has 6 nitrogen and oxygen atoms in total. The van der Waals surface area contributed by atoms with Gasteiger partial charge in [-0.1, -0.05) is 19.3 Å². The molecule has 3 rings (SSSR count). The summed E-state index contributed by atoms with van der Waals surface area (Å²) >= 11 is 0. The molecule has 0 aromatic heterocycles. The molecular formula is C17H24N2O4S. The molecule has 7 heteroatoms. The number of carbonyl (C=O) groups excluding carboxylic acids is 1. The van der Waals surface area contributed by atoms with Crippen molar-refractivity contribution in [1.29, 1.82) is 0 Å². The minimum Gasteiger partial charge on any atom is -0.368 e. The lowest BCUT2D eigenvalue weighted by molar-refractivity contribution is -0.124. The van der Waals surface area contributed by atoms with Crippen LogP contribution in [0.25, 0.3) is 0 Å². The highest BCUT2D eigenvalue weighted by Gasteiger charge is 2.24. The Kier molecular flexibility index (Phi) is 5.53. The van der Waals surface area contributed by atoms with Gasteiger partial charge in [-0.3, -0.25) is 4.79 Å². The van der Waals surface area contributed by atoms with Crippen molar-refractivity contribution in [2.45, 2.75) is 62.0 Å². The molecule has 1 saturated heterocycles. The van der Waals surface area contributed by atoms with E-state index in [2.05, 4.69) is 10.0 Å². The zero-order valence-electron chi connectivity index (χ0n) is 13.7. The summed E-state index contributed by atoms with van der Waals surface area (Å²) in [5.74, 6) is -0.177. The van der Waals surface area contributed by atoms with Crippen LogP contribution in [0.5, 0.6) is 0 Å². The fourth-order valence-corrected chi connectivity index (χ4v) is 4.54. The van der Waals surface area contributed by atoms with E-state index >= 15 is 0 Å². The number of nitrogens with one attached hydrogen (secondary N) is 2. The smallest absolute Gasteiger partial charge is 0.253 e. The van der Waals surface area contributed by atoms with E-state index in [0.717, 1.165) is 38.5 Å². The van der Waals surface area contributed by atoms with E-state index in [1.807, 2.05) is 0 Å². The summed E-state index contributed by atoms with van der Waals surface area (Å²) in [5.41, 5.74) is 0.576. The summed E-state index contributed by atoms with van der Waals surface area (Å²) in [5, 5.41) is 2.76. The number of rotatable bonds is 5. The first-order valence-electron chi connectivity index (χ1n) is 8.59. The SMILES string of the molecule is O=C(Nc1ccc(S(=O)(=O)NC2CCCCC2)cc1)C1CCCO1. The molecule has 1 atom stereocenters. The number of anilines is 1. The third-order valence-electron chi connectivity index (χ3n) is 4.58. The number of hydrogen-bond donors (Lipinski definition) is 2. The van der Waals surface area contributed by atoms with Crippen molar-refractivity contribution >= 4 is 21.6 Å². The largest absolute Gasteiger partial charge is 0.368 e. The quantitative estimate of drug-likeness (QED) is 0.852. The van der Waals surface area contributed by atoms with Crippen molar-refractivity contribution in [3.05, 3.63) is 24.3 Å². The highest BCUT2D eigenvalue weighted by molar-refractivity contribution is 7.89. The van der Waals surface area contributed by atoms with Crippen molar-refractivity contribution < 1.29 is 17.9 Å². The Hall–Kier alpha value is -1.44. The van der Waals surface area contributed by atoms with Gasteiger partial charge >= 0.3 is 0 Å². The molecular weight excluding hydrogens is 328 g/mol. The molecule has 0 spiro atoms. The lowest BCUT2D eigenvalue weighted by Gasteiger charge is -2.22. The van der Waals surface area contributed by atoms with Gasteiger partial charge in [0.15, 0.2) is 0 Å². The van der Waals surface area contributed by atoms with Crippen LogP contribution in [0, 0.1) is 0 Å². The summed E-state index contributed by atoms with van der Waals surface area (Å²) in [4.78, 5) is 12.2. The average molecular weight is 352 g/mol. The molecule has 24 heavy (non-hydrogen) atoms. The van der Waals surface area contributed by atoms with Crippen LogP contribution in [0.15, 0.2) is 29.2 Å². The van der Waals surface area contributed by atoms with Gasteiger partial charge in [0.05, 0.1) is 4.90 Å². The first kappa shape index (κ1) is 17.4. The van der Waals surface area contributed by atoms with Crippen molar-refractivity contribution in [2.75, 3.05) is 11.9 Å². The summed E-state index contributed by atoms with van der Waals surface area (Å²) in [7, 11) is -3.51. The van der Waals surface area contributed by atoms with Gasteiger partial charge < -0.3 is 10.1 Å². The lowest BCUT2D eigenvalue weighted by atomic mass is 9.96. The van der Waals surface area contributed by atoms with Gasteiger partial charge in [0.1, 0.15) is 6.10 Å². The van der Waals surface area contributed by atoms with Crippen LogP contribution in [0.1, 0.15) is 44.9 Å². The zero-order chi connectivity index (χ0) is 17.0. The molecule has 1 unspecified atom stereocenters. The molecule has 0 radical (unpaired) electrons. The van der Waals surface area contributed by atoms with Crippen LogP contribution in [-0.2, 0) is 19.6 Å². The first-order chi connectivity index (χ1) is 11.5. The Labute approximate surface area is 143 Å². The summed E-state index contributed by atoms with van der Waals surface area (Å²) in [6, 6.07) is 6.31. The second-order valence-corrected chi connectivity index (χ2v) is 8.19. The van der Waals surface area contributed by atoms with Gasteiger partial charge in [-0.2, -0.15) is 0 Å². The van der Waals surface area contributed by atoms with E-state index in [9.17, 15) is 13.2 Å². The van der Waals surface area contributed by atoms with E-state index < -0.39 is 16.1 Å². The predicted molar refractivity (Wildman–Crippen MR) is 91.2 cm³/mol. The van der Waals surface area contributed by atoms with Gasteiger partial charge in [0.25, 0.3) is 5.91 Å². The van der Waals surface area contributed by atoms with Crippen LogP contribution >= 0.6 is 0 Å². The monoisotopic (exact) mass is 352 g/mol. The normalized spacial score (nSPS) is 22.4. The Bertz CT molecular complexity index is 660. The number of sulfonamides is 1. The van der Waals surface area contributed by atoms with Gasteiger partial charge in [-0.05, 0) is 49.9 Å². The lowest BCUT2D eigenvalue weighted by Crippen LogP contribution is -2.36. The number of carbonyl (C=O) groups is 1. The van der Waals surface area contributed by atoms with E-state index in [1.54, 1.807) is 12.1 Å². The first-order valence-corrected chi connectivity index (χ1v) is 10.1. The Morgan fingerprint density at radius 3 is 2.33 bits per heavy atom. The molecule has 0 bridgehead atoms. The number of amides is 1. The predicted octanol–water partition coefficient (Wildman–Crippen LogP) is 2.42. The number of ether oxygens (including phenoxy) is 1. The molecule has 1 aromatic rings. The second-order valence-electron chi connectivity index (χ2n) is 6.47. The molecule has 2 N–H and O–H groups in total. The van der Waals surface area contributed by atoms with Crippen LogP contribution < -0.4 is 10.0 Å². The molecule has 2 fully saturated rings. The summed E-state index contributed by atoms with van der Waals surface area (Å²) in [6.45, 7) is 0.613. The fourth-order valence-electron chi connectivity index (χ4n) is 3.23. The standard InChI is InChI=1S/C17H24N2O4S/c20-17(16-7-4-12-23-16)18-13-8-10-15(11-9-13)24(21,22)19-14-5-2-1-3-6-14/h8-11,14,16,19H,1-7,12H2,(H,18,20). The zero-order valence-corrected chi connectivity index (χ0v) is 14.5. The minimum atomic E-state index is -3.51. The fraction of sp³-hybridized carbons (Fsp3) is 0.588. The van der Waals surface area contributed by atoms with E-state index in [1.165, 1.54) is 18.6 Å². The molecule has 1 aromatic carbocycles. The Morgan fingerprint density at radius 2 is 1.71 bits per heavy atom. The number of benzene rings is 1. The van der Waals surface area contributed by atoms with Gasteiger partial charge in [-0.25, -0.2) is 13.1 Å². The third-order valence-corrected chi connectivity index (χ3v) is 6.12. The van der Waals surface area contributed by atoms with Crippen molar-refractivity contribution in [3.63, 3.8) is 0 Å². The molecule has 1 aliphatic heterocycles. The maximum atomic E-state index is 12.4. The minimum absolute atomic E-state index is 0.0302. The van der Waals surface area contributed by atoms with E-state index in [0.29, 0.717) is 12.3 Å². The summed E-state index contributed by atoms with van der Waals surface area (Å²) in [6.07, 6.45) is 6.33. The molecule has 1 heterocycles. The average Bonchev–Trinajstić information content (AvgIpc) is 3.10. The van der Waals surface area contributed by atoms with Crippen molar-refractivity contribution in [3.8, 4) is 0 Å². The van der Waals surface area contributed by atoms with Crippen LogP contribution in [0.3, 0.4) is 0 Å². The topological polar surface area (TPSA) is 84.5 Å². The van der Waals surface area contributed by atoms with Crippen LogP contribution in [0.4, 0.5) is 5.69 Å². The highest BCUT2D eigenvalue weighted by Crippen LogP contribution is 2.21. The maximum absolute atomic E-state index is 12.4. The maximum Gasteiger partial charge on any atom is 0.253 e. The Morgan fingerprint density at radius 1 is 1.00 bits per heavy atom. The van der Waals surface area contributed by atoms with Gasteiger partial charge in [0, 0.05) is 18.3 Å². The van der Waals surface area contributed by atoms with Crippen molar-refractivity contribution in [1.82, 2.24) is 4.72 Å². The molecule has 132 valence electrons. The molecule has 2 aliphatic rings. The second kappa shape index (κ2) is 7.63. The summed E-state index contributed by atoms with van der Waals surface area (Å²) < 4.78 is 33.0. The third kappa shape index (κ3) is 4.34. The Balaban J connectivity index is 1.61. The van der Waals surface area contributed by atoms with Gasteiger partial charge in [-0.15, -0.1) is 0 Å². The van der Waals surface area contributed by atoms with Crippen molar-refractivity contribution in [2.24, 2.45) is 0 Å². The van der Waals surface area contributed by atoms with E-state index in [-0.39, 0.29) is 16.8 Å².